The molecule has 0 radical (unpaired) electrons. The summed E-state index contributed by atoms with van der Waals surface area (Å²) in [5.74, 6) is 0.944. The zero-order chi connectivity index (χ0) is 16.8. The van der Waals surface area contributed by atoms with Gasteiger partial charge in [-0.25, -0.2) is 0 Å². The van der Waals surface area contributed by atoms with Crippen LogP contribution in [0.2, 0.25) is 0 Å². The van der Waals surface area contributed by atoms with E-state index in [1.165, 1.54) is 32.5 Å². The molecule has 6 heteroatoms. The van der Waals surface area contributed by atoms with Gasteiger partial charge in [-0.2, -0.15) is 0 Å². The first-order chi connectivity index (χ1) is 11.3. The zero-order valence-electron chi connectivity index (χ0n) is 15.4. The van der Waals surface area contributed by atoms with E-state index in [1.54, 1.807) is 7.11 Å². The number of nitrogens with zero attached hydrogens (tertiary/aromatic N) is 3. The van der Waals surface area contributed by atoms with Crippen molar-refractivity contribution in [2.75, 3.05) is 73.1 Å². The molecule has 1 aliphatic rings. The molecule has 0 saturated carbocycles. The highest BCUT2D eigenvalue weighted by Crippen LogP contribution is 2.07. The normalized spacial score (nSPS) is 16.3. The molecule has 0 amide bonds. The summed E-state index contributed by atoms with van der Waals surface area (Å²) in [6.45, 7) is 11.5. The van der Waals surface area contributed by atoms with E-state index in [0.29, 0.717) is 0 Å². The number of rotatable bonds is 12. The lowest BCUT2D eigenvalue weighted by Crippen LogP contribution is -2.41. The molecular formula is C17H37N5O. The van der Waals surface area contributed by atoms with Gasteiger partial charge in [-0.3, -0.25) is 4.99 Å². The molecule has 136 valence electrons. The second-order valence-corrected chi connectivity index (χ2v) is 6.24. The Kier molecular flexibility index (Phi) is 11.9. The maximum Gasteiger partial charge on any atom is 0.191 e. The SMILES string of the molecule is CCNC(=NCCCN1CCCC1)NCCN(C)CCCOC. The summed E-state index contributed by atoms with van der Waals surface area (Å²) in [5.41, 5.74) is 0. The third-order valence-electron chi connectivity index (χ3n) is 4.12. The fourth-order valence-corrected chi connectivity index (χ4v) is 2.79. The Balaban J connectivity index is 2.12. The van der Waals surface area contributed by atoms with Crippen molar-refractivity contribution in [3.05, 3.63) is 0 Å². The fraction of sp³-hybridized carbons (Fsp3) is 0.941. The van der Waals surface area contributed by atoms with Crippen molar-refractivity contribution in [3.63, 3.8) is 0 Å². The number of likely N-dealkylation sites (tertiary alicyclic amines) is 1. The van der Waals surface area contributed by atoms with E-state index in [1.807, 2.05) is 0 Å². The second-order valence-electron chi connectivity index (χ2n) is 6.24. The quantitative estimate of drug-likeness (QED) is 0.318. The van der Waals surface area contributed by atoms with Gasteiger partial charge in [-0.05, 0) is 59.3 Å². The minimum Gasteiger partial charge on any atom is -0.385 e. The van der Waals surface area contributed by atoms with Gasteiger partial charge >= 0.3 is 0 Å². The van der Waals surface area contributed by atoms with Crippen LogP contribution in [0.5, 0.6) is 0 Å². The lowest BCUT2D eigenvalue weighted by molar-refractivity contribution is 0.180. The Morgan fingerprint density at radius 3 is 2.65 bits per heavy atom. The third kappa shape index (κ3) is 10.5. The largest absolute Gasteiger partial charge is 0.385 e. The smallest absolute Gasteiger partial charge is 0.191 e. The van der Waals surface area contributed by atoms with Gasteiger partial charge in [0, 0.05) is 46.4 Å². The molecule has 0 atom stereocenters. The first kappa shape index (κ1) is 20.2. The zero-order valence-corrected chi connectivity index (χ0v) is 15.4. The maximum atomic E-state index is 5.08. The van der Waals surface area contributed by atoms with Crippen molar-refractivity contribution in [1.29, 1.82) is 0 Å². The number of aliphatic imine (C=N–C) groups is 1. The van der Waals surface area contributed by atoms with Crippen LogP contribution in [0.25, 0.3) is 0 Å². The molecule has 0 unspecified atom stereocenters. The average Bonchev–Trinajstić information content (AvgIpc) is 3.05. The number of methoxy groups -OCH3 is 1. The molecule has 0 aromatic rings. The van der Waals surface area contributed by atoms with Gasteiger partial charge in [0.2, 0.25) is 0 Å². The van der Waals surface area contributed by atoms with Gasteiger partial charge in [0.25, 0.3) is 0 Å². The van der Waals surface area contributed by atoms with Crippen LogP contribution in [-0.2, 0) is 4.74 Å². The molecule has 0 aromatic heterocycles. The topological polar surface area (TPSA) is 52.1 Å². The Bertz CT molecular complexity index is 305. The summed E-state index contributed by atoms with van der Waals surface area (Å²) in [4.78, 5) is 9.54. The summed E-state index contributed by atoms with van der Waals surface area (Å²) in [6, 6.07) is 0. The van der Waals surface area contributed by atoms with Crippen LogP contribution in [0.15, 0.2) is 4.99 Å². The minimum absolute atomic E-state index is 0.832. The summed E-state index contributed by atoms with van der Waals surface area (Å²) in [6.07, 6.45) is 4.96. The van der Waals surface area contributed by atoms with Gasteiger partial charge in [0.1, 0.15) is 0 Å². The molecule has 1 heterocycles. The maximum absolute atomic E-state index is 5.08. The van der Waals surface area contributed by atoms with Crippen LogP contribution in [-0.4, -0.2) is 88.9 Å². The standard InChI is InChI=1S/C17H37N5O/c1-4-18-17(19-9-7-14-22-12-5-6-13-22)20-10-15-21(2)11-8-16-23-3/h4-16H2,1-3H3,(H2,18,19,20). The molecule has 0 aromatic carbocycles. The van der Waals surface area contributed by atoms with Gasteiger partial charge in [0.05, 0.1) is 0 Å². The van der Waals surface area contributed by atoms with Crippen LogP contribution in [0, 0.1) is 0 Å². The predicted molar refractivity (Wildman–Crippen MR) is 98.3 cm³/mol. The van der Waals surface area contributed by atoms with E-state index in [2.05, 4.69) is 39.4 Å². The number of likely N-dealkylation sites (N-methyl/N-ethyl adjacent to an activating group) is 1. The molecule has 6 nitrogen and oxygen atoms in total. The molecule has 0 spiro atoms. The number of ether oxygens (including phenoxy) is 1. The minimum atomic E-state index is 0.832. The first-order valence-corrected chi connectivity index (χ1v) is 9.18. The van der Waals surface area contributed by atoms with Crippen molar-refractivity contribution >= 4 is 5.96 Å². The van der Waals surface area contributed by atoms with Gasteiger partial charge in [0.15, 0.2) is 5.96 Å². The van der Waals surface area contributed by atoms with E-state index < -0.39 is 0 Å². The van der Waals surface area contributed by atoms with E-state index in [-0.39, 0.29) is 0 Å². The lowest BCUT2D eigenvalue weighted by atomic mass is 10.4. The summed E-state index contributed by atoms with van der Waals surface area (Å²) >= 11 is 0. The van der Waals surface area contributed by atoms with E-state index in [4.69, 9.17) is 4.74 Å². The third-order valence-corrected chi connectivity index (χ3v) is 4.12. The molecule has 23 heavy (non-hydrogen) atoms. The Labute approximate surface area is 142 Å². The lowest BCUT2D eigenvalue weighted by Gasteiger charge is -2.18. The van der Waals surface area contributed by atoms with Crippen LogP contribution >= 0.6 is 0 Å². The van der Waals surface area contributed by atoms with E-state index in [9.17, 15) is 0 Å². The van der Waals surface area contributed by atoms with E-state index in [0.717, 1.165) is 58.1 Å². The molecule has 2 N–H and O–H groups in total. The monoisotopic (exact) mass is 327 g/mol. The predicted octanol–water partition coefficient (Wildman–Crippen LogP) is 0.996. The van der Waals surface area contributed by atoms with Gasteiger partial charge < -0.3 is 25.2 Å². The average molecular weight is 328 g/mol. The first-order valence-electron chi connectivity index (χ1n) is 9.18. The molecule has 1 rings (SSSR count). The molecule has 1 saturated heterocycles. The molecule has 1 fully saturated rings. The van der Waals surface area contributed by atoms with Gasteiger partial charge in [-0.1, -0.05) is 0 Å². The Morgan fingerprint density at radius 1 is 1.17 bits per heavy atom. The van der Waals surface area contributed by atoms with Crippen molar-refractivity contribution in [3.8, 4) is 0 Å². The summed E-state index contributed by atoms with van der Waals surface area (Å²) < 4.78 is 5.08. The summed E-state index contributed by atoms with van der Waals surface area (Å²) in [5, 5.41) is 6.75. The van der Waals surface area contributed by atoms with Crippen molar-refractivity contribution in [2.24, 2.45) is 4.99 Å². The van der Waals surface area contributed by atoms with Crippen LogP contribution in [0.1, 0.15) is 32.6 Å². The number of guanidine groups is 1. The van der Waals surface area contributed by atoms with Crippen molar-refractivity contribution < 1.29 is 4.74 Å². The van der Waals surface area contributed by atoms with Gasteiger partial charge in [-0.15, -0.1) is 0 Å². The highest BCUT2D eigenvalue weighted by Gasteiger charge is 2.10. The van der Waals surface area contributed by atoms with Crippen LogP contribution in [0.3, 0.4) is 0 Å². The Hall–Kier alpha value is -0.850. The number of nitrogens with one attached hydrogen (secondary N) is 2. The molecular weight excluding hydrogens is 290 g/mol. The molecule has 0 aliphatic carbocycles. The second kappa shape index (κ2) is 13.6. The molecule has 1 aliphatic heterocycles. The highest BCUT2D eigenvalue weighted by molar-refractivity contribution is 5.79. The number of hydrogen-bond donors (Lipinski definition) is 2. The van der Waals surface area contributed by atoms with Crippen LogP contribution in [0.4, 0.5) is 0 Å². The van der Waals surface area contributed by atoms with Crippen molar-refractivity contribution in [2.45, 2.75) is 32.6 Å². The molecule has 0 bridgehead atoms. The number of hydrogen-bond acceptors (Lipinski definition) is 4. The van der Waals surface area contributed by atoms with E-state index >= 15 is 0 Å². The summed E-state index contributed by atoms with van der Waals surface area (Å²) in [7, 11) is 3.90. The van der Waals surface area contributed by atoms with Crippen molar-refractivity contribution in [1.82, 2.24) is 20.4 Å². The Morgan fingerprint density at radius 2 is 1.96 bits per heavy atom. The van der Waals surface area contributed by atoms with Crippen LogP contribution < -0.4 is 10.6 Å². The fourth-order valence-electron chi connectivity index (χ4n) is 2.79. The highest BCUT2D eigenvalue weighted by atomic mass is 16.5.